The van der Waals surface area contributed by atoms with Crippen molar-refractivity contribution >= 4 is 21.8 Å². The minimum Gasteiger partial charge on any atom is -0.339 e. The molecule has 1 heterocycles. The van der Waals surface area contributed by atoms with Crippen molar-refractivity contribution in [2.45, 2.75) is 44.4 Å². The highest BCUT2D eigenvalue weighted by Crippen LogP contribution is 2.28. The highest BCUT2D eigenvalue weighted by atomic mass is 32.2. The van der Waals surface area contributed by atoms with Crippen molar-refractivity contribution in [1.82, 2.24) is 14.5 Å². The molecular formula is C20H29N3O4S. The van der Waals surface area contributed by atoms with Crippen LogP contribution >= 0.6 is 0 Å². The summed E-state index contributed by atoms with van der Waals surface area (Å²) in [4.78, 5) is 28.4. The van der Waals surface area contributed by atoms with Gasteiger partial charge in [-0.15, -0.1) is 0 Å². The molecule has 0 bridgehead atoms. The standard InChI is InChI=1S/C20H29N3O4S/c1-15-6-7-18(14-16(15)2)28(26,27)21-9-8-19(24)22-10-12-23(13-11-22)20(25)17-4-3-5-17/h6-7,14,17,21H,3-5,8-13H2,1-2H3. The fourth-order valence-electron chi connectivity index (χ4n) is 3.50. The molecule has 0 unspecified atom stereocenters. The normalized spacial score (nSPS) is 18.1. The Balaban J connectivity index is 1.44. The predicted molar refractivity (Wildman–Crippen MR) is 106 cm³/mol. The Labute approximate surface area is 167 Å². The van der Waals surface area contributed by atoms with Crippen molar-refractivity contribution in [2.24, 2.45) is 5.92 Å². The number of amides is 2. The monoisotopic (exact) mass is 407 g/mol. The Kier molecular flexibility index (Phi) is 6.40. The zero-order valence-corrected chi connectivity index (χ0v) is 17.4. The van der Waals surface area contributed by atoms with Gasteiger partial charge in [-0.05, 0) is 49.9 Å². The molecule has 3 rings (SSSR count). The van der Waals surface area contributed by atoms with Crippen LogP contribution < -0.4 is 4.72 Å². The van der Waals surface area contributed by atoms with Gasteiger partial charge in [0.05, 0.1) is 4.90 Å². The van der Waals surface area contributed by atoms with E-state index in [4.69, 9.17) is 0 Å². The number of piperazine rings is 1. The van der Waals surface area contributed by atoms with E-state index in [2.05, 4.69) is 4.72 Å². The maximum absolute atomic E-state index is 12.4. The van der Waals surface area contributed by atoms with E-state index in [1.807, 2.05) is 18.7 Å². The third-order valence-corrected chi connectivity index (χ3v) is 7.28. The second-order valence-electron chi connectivity index (χ2n) is 7.73. The number of hydrogen-bond donors (Lipinski definition) is 1. The molecule has 1 saturated carbocycles. The highest BCUT2D eigenvalue weighted by Gasteiger charge is 2.32. The van der Waals surface area contributed by atoms with Crippen LogP contribution in [0.5, 0.6) is 0 Å². The molecule has 0 radical (unpaired) electrons. The van der Waals surface area contributed by atoms with Gasteiger partial charge in [0.15, 0.2) is 0 Å². The van der Waals surface area contributed by atoms with E-state index in [1.54, 1.807) is 23.1 Å². The van der Waals surface area contributed by atoms with Crippen molar-refractivity contribution in [3.63, 3.8) is 0 Å². The van der Waals surface area contributed by atoms with Crippen molar-refractivity contribution in [3.8, 4) is 0 Å². The summed E-state index contributed by atoms with van der Waals surface area (Å²) in [5.74, 6) is 0.320. The van der Waals surface area contributed by atoms with Gasteiger partial charge in [-0.3, -0.25) is 9.59 Å². The van der Waals surface area contributed by atoms with Crippen molar-refractivity contribution in [3.05, 3.63) is 29.3 Å². The number of carbonyl (C=O) groups excluding carboxylic acids is 2. The zero-order chi connectivity index (χ0) is 20.3. The largest absolute Gasteiger partial charge is 0.339 e. The number of sulfonamides is 1. The van der Waals surface area contributed by atoms with Crippen molar-refractivity contribution in [1.29, 1.82) is 0 Å². The number of benzene rings is 1. The van der Waals surface area contributed by atoms with Crippen molar-refractivity contribution < 1.29 is 18.0 Å². The molecule has 8 heteroatoms. The summed E-state index contributed by atoms with van der Waals surface area (Å²) in [6, 6.07) is 4.99. The smallest absolute Gasteiger partial charge is 0.240 e. The van der Waals surface area contributed by atoms with E-state index in [9.17, 15) is 18.0 Å². The summed E-state index contributed by atoms with van der Waals surface area (Å²) in [5, 5.41) is 0. The van der Waals surface area contributed by atoms with Crippen LogP contribution in [0.1, 0.15) is 36.8 Å². The van der Waals surface area contributed by atoms with Crippen LogP contribution in [0.15, 0.2) is 23.1 Å². The SMILES string of the molecule is Cc1ccc(S(=O)(=O)NCCC(=O)N2CCN(C(=O)C3CCC3)CC2)cc1C. The average Bonchev–Trinajstić information content (AvgIpc) is 2.62. The molecule has 28 heavy (non-hydrogen) atoms. The molecule has 1 aliphatic carbocycles. The molecule has 7 nitrogen and oxygen atoms in total. The Morgan fingerprint density at radius 3 is 2.25 bits per heavy atom. The molecule has 2 aliphatic rings. The van der Waals surface area contributed by atoms with Crippen LogP contribution in [0.25, 0.3) is 0 Å². The van der Waals surface area contributed by atoms with Gasteiger partial charge in [0, 0.05) is 45.1 Å². The number of carbonyl (C=O) groups is 2. The molecule has 0 spiro atoms. The molecule has 2 fully saturated rings. The predicted octanol–water partition coefficient (Wildman–Crippen LogP) is 1.44. The van der Waals surface area contributed by atoms with E-state index in [-0.39, 0.29) is 35.6 Å². The van der Waals surface area contributed by atoms with E-state index in [0.29, 0.717) is 26.2 Å². The number of aryl methyl sites for hydroxylation is 2. The first kappa shape index (κ1) is 20.8. The molecule has 0 atom stereocenters. The molecule has 154 valence electrons. The van der Waals surface area contributed by atoms with Gasteiger partial charge in [0.25, 0.3) is 0 Å². The molecule has 1 N–H and O–H groups in total. The summed E-state index contributed by atoms with van der Waals surface area (Å²) in [6.07, 6.45) is 3.21. The van der Waals surface area contributed by atoms with Gasteiger partial charge < -0.3 is 9.80 Å². The average molecular weight is 408 g/mol. The summed E-state index contributed by atoms with van der Waals surface area (Å²) in [6.45, 7) is 6.02. The summed E-state index contributed by atoms with van der Waals surface area (Å²) in [5.41, 5.74) is 1.94. The van der Waals surface area contributed by atoms with Gasteiger partial charge in [0.1, 0.15) is 0 Å². The van der Waals surface area contributed by atoms with Gasteiger partial charge in [-0.25, -0.2) is 13.1 Å². The first-order chi connectivity index (χ1) is 13.3. The van der Waals surface area contributed by atoms with Gasteiger partial charge in [0.2, 0.25) is 21.8 Å². The zero-order valence-electron chi connectivity index (χ0n) is 16.6. The third-order valence-electron chi connectivity index (χ3n) is 5.82. The van der Waals surface area contributed by atoms with Crippen LogP contribution in [0, 0.1) is 19.8 Å². The van der Waals surface area contributed by atoms with E-state index in [1.165, 1.54) is 0 Å². The van der Waals surface area contributed by atoms with Gasteiger partial charge in [-0.2, -0.15) is 0 Å². The van der Waals surface area contributed by atoms with Crippen LogP contribution in [0.3, 0.4) is 0 Å². The van der Waals surface area contributed by atoms with Crippen molar-refractivity contribution in [2.75, 3.05) is 32.7 Å². The molecule has 1 aliphatic heterocycles. The molecule has 1 aromatic carbocycles. The number of rotatable bonds is 6. The van der Waals surface area contributed by atoms with Gasteiger partial charge in [-0.1, -0.05) is 12.5 Å². The molecule has 1 saturated heterocycles. The topological polar surface area (TPSA) is 86.8 Å². The third kappa shape index (κ3) is 4.72. The van der Waals surface area contributed by atoms with Gasteiger partial charge >= 0.3 is 0 Å². The second-order valence-corrected chi connectivity index (χ2v) is 9.49. The number of nitrogens with one attached hydrogen (secondary N) is 1. The fraction of sp³-hybridized carbons (Fsp3) is 0.600. The summed E-state index contributed by atoms with van der Waals surface area (Å²) >= 11 is 0. The number of nitrogens with zero attached hydrogens (tertiary/aromatic N) is 2. The quantitative estimate of drug-likeness (QED) is 0.773. The summed E-state index contributed by atoms with van der Waals surface area (Å²) in [7, 11) is -3.63. The first-order valence-electron chi connectivity index (χ1n) is 9.91. The van der Waals surface area contributed by atoms with E-state index >= 15 is 0 Å². The lowest BCUT2D eigenvalue weighted by Crippen LogP contribution is -2.52. The van der Waals surface area contributed by atoms with E-state index in [0.717, 1.165) is 30.4 Å². The highest BCUT2D eigenvalue weighted by molar-refractivity contribution is 7.89. The van der Waals surface area contributed by atoms with Crippen LogP contribution in [-0.4, -0.2) is 62.8 Å². The maximum atomic E-state index is 12.4. The first-order valence-corrected chi connectivity index (χ1v) is 11.4. The molecular weight excluding hydrogens is 378 g/mol. The second kappa shape index (κ2) is 8.61. The minimum absolute atomic E-state index is 0.0648. The van der Waals surface area contributed by atoms with E-state index < -0.39 is 10.0 Å². The Morgan fingerprint density at radius 2 is 1.68 bits per heavy atom. The molecule has 0 aromatic heterocycles. The van der Waals surface area contributed by atoms with Crippen LogP contribution in [0.4, 0.5) is 0 Å². The molecule has 2 amide bonds. The Hall–Kier alpha value is -1.93. The summed E-state index contributed by atoms with van der Waals surface area (Å²) < 4.78 is 27.3. The lowest BCUT2D eigenvalue weighted by atomic mass is 9.84. The number of hydrogen-bond acceptors (Lipinski definition) is 4. The van der Waals surface area contributed by atoms with Crippen LogP contribution in [0.2, 0.25) is 0 Å². The maximum Gasteiger partial charge on any atom is 0.240 e. The fourth-order valence-corrected chi connectivity index (χ4v) is 4.62. The Bertz CT molecular complexity index is 841. The lowest BCUT2D eigenvalue weighted by Gasteiger charge is -2.38. The minimum atomic E-state index is -3.63. The lowest BCUT2D eigenvalue weighted by molar-refractivity contribution is -0.143. The Morgan fingerprint density at radius 1 is 1.04 bits per heavy atom. The van der Waals surface area contributed by atoms with Crippen LogP contribution in [-0.2, 0) is 19.6 Å². The molecule has 1 aromatic rings.